The van der Waals surface area contributed by atoms with E-state index < -0.39 is 0 Å². The first kappa shape index (κ1) is 12.3. The fourth-order valence-electron chi connectivity index (χ4n) is 1.84. The van der Waals surface area contributed by atoms with Gasteiger partial charge >= 0.3 is 5.97 Å². The van der Waals surface area contributed by atoms with Crippen molar-refractivity contribution in [2.75, 3.05) is 32.2 Å². The molecule has 0 amide bonds. The number of nitrogens with zero attached hydrogens (tertiary/aromatic N) is 2. The zero-order valence-electron chi connectivity index (χ0n) is 10.0. The Hall–Kier alpha value is -1.14. The maximum absolute atomic E-state index is 11.1. The van der Waals surface area contributed by atoms with Crippen LogP contribution in [-0.4, -0.2) is 44.4 Å². The highest BCUT2D eigenvalue weighted by Crippen LogP contribution is 2.25. The maximum atomic E-state index is 11.1. The monoisotopic (exact) mass is 256 g/mol. The van der Waals surface area contributed by atoms with E-state index >= 15 is 0 Å². The van der Waals surface area contributed by atoms with Gasteiger partial charge in [0.05, 0.1) is 25.3 Å². The van der Waals surface area contributed by atoms with Crippen molar-refractivity contribution in [1.29, 1.82) is 0 Å². The Morgan fingerprint density at radius 3 is 3.12 bits per heavy atom. The van der Waals surface area contributed by atoms with Gasteiger partial charge in [-0.2, -0.15) is 0 Å². The molecule has 0 N–H and O–H groups in total. The predicted molar refractivity (Wildman–Crippen MR) is 65.5 cm³/mol. The molecule has 0 aliphatic carbocycles. The SMILES string of the molecule is COC(=O)Cc1csc(N2CCC(OC)C2)n1. The van der Waals surface area contributed by atoms with Crippen LogP contribution in [0.1, 0.15) is 12.1 Å². The minimum Gasteiger partial charge on any atom is -0.469 e. The van der Waals surface area contributed by atoms with Gasteiger partial charge in [0.15, 0.2) is 5.13 Å². The van der Waals surface area contributed by atoms with Crippen LogP contribution in [-0.2, 0) is 20.7 Å². The van der Waals surface area contributed by atoms with Crippen LogP contribution in [0, 0.1) is 0 Å². The van der Waals surface area contributed by atoms with Crippen LogP contribution in [0.2, 0.25) is 0 Å². The van der Waals surface area contributed by atoms with E-state index in [0.29, 0.717) is 6.10 Å². The third-order valence-corrected chi connectivity index (χ3v) is 3.79. The molecule has 1 atom stereocenters. The molecule has 1 aliphatic rings. The third-order valence-electron chi connectivity index (χ3n) is 2.84. The second-order valence-corrected chi connectivity index (χ2v) is 4.80. The number of methoxy groups -OCH3 is 2. The number of anilines is 1. The molecule has 2 rings (SSSR count). The molecule has 1 aromatic rings. The largest absolute Gasteiger partial charge is 0.469 e. The molecule has 1 aliphatic heterocycles. The third kappa shape index (κ3) is 2.95. The lowest BCUT2D eigenvalue weighted by atomic mass is 10.3. The van der Waals surface area contributed by atoms with Crippen LogP contribution in [0.4, 0.5) is 5.13 Å². The van der Waals surface area contributed by atoms with Gasteiger partial charge in [0, 0.05) is 25.6 Å². The molecule has 0 spiro atoms. The van der Waals surface area contributed by atoms with Crippen molar-refractivity contribution in [3.8, 4) is 0 Å². The lowest BCUT2D eigenvalue weighted by Gasteiger charge is -2.13. The predicted octanol–water partition coefficient (Wildman–Crippen LogP) is 1.08. The zero-order valence-corrected chi connectivity index (χ0v) is 10.8. The molecular weight excluding hydrogens is 240 g/mol. The summed E-state index contributed by atoms with van der Waals surface area (Å²) in [4.78, 5) is 17.7. The van der Waals surface area contributed by atoms with Gasteiger partial charge in [-0.25, -0.2) is 4.98 Å². The topological polar surface area (TPSA) is 51.7 Å². The van der Waals surface area contributed by atoms with E-state index in [1.54, 1.807) is 18.4 Å². The first-order valence-electron chi connectivity index (χ1n) is 5.52. The van der Waals surface area contributed by atoms with Crippen molar-refractivity contribution < 1.29 is 14.3 Å². The average molecular weight is 256 g/mol. The number of carbonyl (C=O) groups is 1. The fourth-order valence-corrected chi connectivity index (χ4v) is 2.70. The molecule has 1 aromatic heterocycles. The molecule has 0 bridgehead atoms. The Morgan fingerprint density at radius 1 is 1.65 bits per heavy atom. The maximum Gasteiger partial charge on any atom is 0.311 e. The molecule has 0 saturated carbocycles. The van der Waals surface area contributed by atoms with Crippen LogP contribution in [0.15, 0.2) is 5.38 Å². The minimum absolute atomic E-state index is 0.245. The van der Waals surface area contributed by atoms with E-state index in [2.05, 4.69) is 14.6 Å². The van der Waals surface area contributed by atoms with E-state index in [1.165, 1.54) is 7.11 Å². The minimum atomic E-state index is -0.252. The Morgan fingerprint density at radius 2 is 2.47 bits per heavy atom. The van der Waals surface area contributed by atoms with Crippen molar-refractivity contribution in [1.82, 2.24) is 4.98 Å². The van der Waals surface area contributed by atoms with Gasteiger partial charge in [-0.1, -0.05) is 0 Å². The number of rotatable bonds is 4. The van der Waals surface area contributed by atoms with Crippen LogP contribution in [0.25, 0.3) is 0 Å². The summed E-state index contributed by atoms with van der Waals surface area (Å²) in [6.07, 6.45) is 1.57. The van der Waals surface area contributed by atoms with Crippen LogP contribution in [0.5, 0.6) is 0 Å². The van der Waals surface area contributed by atoms with Gasteiger partial charge in [0.1, 0.15) is 0 Å². The first-order valence-corrected chi connectivity index (χ1v) is 6.40. The molecule has 1 saturated heterocycles. The Bertz CT molecular complexity index is 394. The molecule has 94 valence electrons. The summed E-state index contributed by atoms with van der Waals surface area (Å²) < 4.78 is 9.93. The van der Waals surface area contributed by atoms with Gasteiger partial charge in [-0.3, -0.25) is 4.79 Å². The summed E-state index contributed by atoms with van der Waals surface area (Å²) in [5.74, 6) is -0.252. The number of hydrogen-bond donors (Lipinski definition) is 0. The normalized spacial score (nSPS) is 19.6. The smallest absolute Gasteiger partial charge is 0.311 e. The number of ether oxygens (including phenoxy) is 2. The fraction of sp³-hybridized carbons (Fsp3) is 0.636. The Labute approximate surface area is 104 Å². The van der Waals surface area contributed by atoms with E-state index in [4.69, 9.17) is 4.74 Å². The Balaban J connectivity index is 1.96. The van der Waals surface area contributed by atoms with Crippen molar-refractivity contribution in [2.24, 2.45) is 0 Å². The van der Waals surface area contributed by atoms with E-state index in [1.807, 2.05) is 5.38 Å². The van der Waals surface area contributed by atoms with Crippen LogP contribution in [0.3, 0.4) is 0 Å². The van der Waals surface area contributed by atoms with Crippen LogP contribution >= 0.6 is 11.3 Å². The average Bonchev–Trinajstić information content (AvgIpc) is 2.96. The van der Waals surface area contributed by atoms with Gasteiger partial charge in [-0.05, 0) is 6.42 Å². The molecule has 1 fully saturated rings. The molecular formula is C11H16N2O3S. The number of aromatic nitrogens is 1. The zero-order chi connectivity index (χ0) is 12.3. The van der Waals surface area contributed by atoms with Gasteiger partial charge in [0.25, 0.3) is 0 Å². The number of carbonyl (C=O) groups excluding carboxylic acids is 1. The van der Waals surface area contributed by atoms with E-state index in [-0.39, 0.29) is 12.4 Å². The summed E-state index contributed by atoms with van der Waals surface area (Å²) in [6.45, 7) is 1.84. The summed E-state index contributed by atoms with van der Waals surface area (Å²) in [6, 6.07) is 0. The highest BCUT2D eigenvalue weighted by atomic mass is 32.1. The second kappa shape index (κ2) is 5.46. The van der Waals surface area contributed by atoms with E-state index in [9.17, 15) is 4.79 Å². The Kier molecular flexibility index (Phi) is 3.96. The van der Waals surface area contributed by atoms with Crippen molar-refractivity contribution >= 4 is 22.4 Å². The summed E-state index contributed by atoms with van der Waals surface area (Å²) in [5.41, 5.74) is 0.776. The van der Waals surface area contributed by atoms with Gasteiger partial charge in [0.2, 0.25) is 0 Å². The number of esters is 1. The molecule has 5 nitrogen and oxygen atoms in total. The molecule has 17 heavy (non-hydrogen) atoms. The molecule has 0 radical (unpaired) electrons. The highest BCUT2D eigenvalue weighted by molar-refractivity contribution is 7.13. The molecule has 0 aromatic carbocycles. The van der Waals surface area contributed by atoms with E-state index in [0.717, 1.165) is 30.3 Å². The first-order chi connectivity index (χ1) is 8.22. The summed E-state index contributed by atoms with van der Waals surface area (Å²) in [5, 5.41) is 2.87. The molecule has 2 heterocycles. The lowest BCUT2D eigenvalue weighted by molar-refractivity contribution is -0.139. The second-order valence-electron chi connectivity index (χ2n) is 3.97. The van der Waals surface area contributed by atoms with Gasteiger partial charge in [-0.15, -0.1) is 11.3 Å². The van der Waals surface area contributed by atoms with Crippen LogP contribution < -0.4 is 4.90 Å². The van der Waals surface area contributed by atoms with Crippen molar-refractivity contribution in [3.63, 3.8) is 0 Å². The number of hydrogen-bond acceptors (Lipinski definition) is 6. The quantitative estimate of drug-likeness (QED) is 0.755. The molecule has 6 heteroatoms. The highest BCUT2D eigenvalue weighted by Gasteiger charge is 2.24. The summed E-state index contributed by atoms with van der Waals surface area (Å²) >= 11 is 1.56. The number of thiazole rings is 1. The summed E-state index contributed by atoms with van der Waals surface area (Å²) in [7, 11) is 3.12. The van der Waals surface area contributed by atoms with Crippen molar-refractivity contribution in [3.05, 3.63) is 11.1 Å². The standard InChI is InChI=1S/C11H16N2O3S/c1-15-9-3-4-13(6-9)11-12-8(7-17-11)5-10(14)16-2/h7,9H,3-6H2,1-2H3. The lowest BCUT2D eigenvalue weighted by Crippen LogP contribution is -2.22. The molecule has 1 unspecified atom stereocenters. The van der Waals surface area contributed by atoms with Crippen molar-refractivity contribution in [2.45, 2.75) is 18.9 Å². The van der Waals surface area contributed by atoms with Gasteiger partial charge < -0.3 is 14.4 Å².